The van der Waals surface area contributed by atoms with Crippen LogP contribution in [0.3, 0.4) is 0 Å². The zero-order valence-electron chi connectivity index (χ0n) is 8.03. The fourth-order valence-corrected chi connectivity index (χ4v) is 1.34. The highest BCUT2D eigenvalue weighted by atomic mass is 16.6. The van der Waals surface area contributed by atoms with Crippen LogP contribution in [0.15, 0.2) is 11.3 Å². The Balaban J connectivity index is 2.78. The van der Waals surface area contributed by atoms with Crippen LogP contribution >= 0.6 is 0 Å². The number of carboxylic acid groups (broad SMARTS) is 1. The molecule has 0 saturated carbocycles. The lowest BCUT2D eigenvalue weighted by Crippen LogP contribution is -2.28. The molecular weight excluding hydrogens is 188 g/mol. The van der Waals surface area contributed by atoms with Gasteiger partial charge in [0.1, 0.15) is 5.76 Å². The summed E-state index contributed by atoms with van der Waals surface area (Å²) in [4.78, 5) is 21.4. The lowest BCUT2D eigenvalue weighted by molar-refractivity contribution is -0.150. The molecule has 5 heteroatoms. The minimum absolute atomic E-state index is 0.0806. The third kappa shape index (κ3) is 1.71. The summed E-state index contributed by atoms with van der Waals surface area (Å²) in [7, 11) is 0. The second kappa shape index (κ2) is 3.32. The van der Waals surface area contributed by atoms with E-state index in [0.717, 1.165) is 0 Å². The van der Waals surface area contributed by atoms with Crippen LogP contribution in [0.25, 0.3) is 0 Å². The molecule has 0 aromatic rings. The number of hydrogen-bond donors (Lipinski definition) is 2. The monoisotopic (exact) mass is 200 g/mol. The predicted molar refractivity (Wildman–Crippen MR) is 46.7 cm³/mol. The molecule has 78 valence electrons. The van der Waals surface area contributed by atoms with Crippen molar-refractivity contribution in [1.29, 1.82) is 0 Å². The first-order valence-corrected chi connectivity index (χ1v) is 4.22. The number of cyclic esters (lactones) is 1. The van der Waals surface area contributed by atoms with Crippen molar-refractivity contribution < 1.29 is 24.5 Å². The molecule has 0 aromatic carbocycles. The van der Waals surface area contributed by atoms with Crippen molar-refractivity contribution in [1.82, 2.24) is 0 Å². The summed E-state index contributed by atoms with van der Waals surface area (Å²) in [5, 5.41) is 18.0. The largest absolute Gasteiger partial charge is 0.507 e. The number of carbonyl (C=O) groups is 2. The van der Waals surface area contributed by atoms with Gasteiger partial charge >= 0.3 is 11.9 Å². The predicted octanol–water partition coefficient (Wildman–Crippen LogP) is 0.999. The Bertz CT molecular complexity index is 317. The minimum atomic E-state index is -1.17. The van der Waals surface area contributed by atoms with E-state index < -0.39 is 17.5 Å². The molecular formula is C9H12O5. The van der Waals surface area contributed by atoms with Crippen LogP contribution in [0.4, 0.5) is 0 Å². The molecule has 5 nitrogen and oxygen atoms in total. The van der Waals surface area contributed by atoms with Crippen molar-refractivity contribution in [2.45, 2.75) is 32.3 Å². The van der Waals surface area contributed by atoms with Crippen molar-refractivity contribution >= 4 is 11.9 Å². The summed E-state index contributed by atoms with van der Waals surface area (Å²) < 4.78 is 4.90. The van der Waals surface area contributed by atoms with Crippen molar-refractivity contribution in [2.24, 2.45) is 0 Å². The van der Waals surface area contributed by atoms with Gasteiger partial charge in [0.05, 0.1) is 5.57 Å². The van der Waals surface area contributed by atoms with Crippen LogP contribution in [0.1, 0.15) is 26.7 Å². The number of aliphatic hydroxyl groups is 1. The molecule has 0 fully saturated rings. The van der Waals surface area contributed by atoms with Crippen molar-refractivity contribution in [3.63, 3.8) is 0 Å². The van der Waals surface area contributed by atoms with Crippen molar-refractivity contribution in [2.75, 3.05) is 0 Å². The summed E-state index contributed by atoms with van der Waals surface area (Å²) in [6.07, 6.45) is -0.0711. The van der Waals surface area contributed by atoms with Crippen molar-refractivity contribution in [3.8, 4) is 0 Å². The van der Waals surface area contributed by atoms with Crippen molar-refractivity contribution in [3.05, 3.63) is 11.3 Å². The van der Waals surface area contributed by atoms with Gasteiger partial charge in [0.2, 0.25) is 0 Å². The average Bonchev–Trinajstić information content (AvgIpc) is 2.28. The molecule has 0 spiro atoms. The highest BCUT2D eigenvalue weighted by Gasteiger charge is 2.42. The van der Waals surface area contributed by atoms with E-state index in [2.05, 4.69) is 0 Å². The summed E-state index contributed by atoms with van der Waals surface area (Å²) in [6, 6.07) is 0. The number of hydrogen-bond acceptors (Lipinski definition) is 4. The number of aliphatic hydroxyl groups excluding tert-OH is 1. The molecule has 1 rings (SSSR count). The molecule has 0 aliphatic carbocycles. The molecule has 1 aliphatic heterocycles. The normalized spacial score (nSPS) is 26.6. The zero-order valence-corrected chi connectivity index (χ0v) is 8.03. The van der Waals surface area contributed by atoms with Crippen LogP contribution in [0, 0.1) is 0 Å². The fraction of sp³-hybridized carbons (Fsp3) is 0.556. The van der Waals surface area contributed by atoms with Gasteiger partial charge in [0.25, 0.3) is 0 Å². The number of aliphatic carboxylic acids is 1. The van der Waals surface area contributed by atoms with Gasteiger partial charge in [-0.15, -0.1) is 0 Å². The summed E-state index contributed by atoms with van der Waals surface area (Å²) in [5.74, 6) is -1.74. The third-order valence-corrected chi connectivity index (χ3v) is 2.30. The van der Waals surface area contributed by atoms with E-state index in [9.17, 15) is 14.7 Å². The van der Waals surface area contributed by atoms with Gasteiger partial charge in [-0.2, -0.15) is 0 Å². The summed E-state index contributed by atoms with van der Waals surface area (Å²) in [6.45, 7) is 2.95. The van der Waals surface area contributed by atoms with E-state index in [1.165, 1.54) is 13.8 Å². The maximum Gasteiger partial charge on any atom is 0.338 e. The van der Waals surface area contributed by atoms with Gasteiger partial charge < -0.3 is 14.9 Å². The molecule has 0 radical (unpaired) electrons. The minimum Gasteiger partial charge on any atom is -0.507 e. The van der Waals surface area contributed by atoms with E-state index in [1.807, 2.05) is 0 Å². The van der Waals surface area contributed by atoms with Crippen LogP contribution in [0.2, 0.25) is 0 Å². The Morgan fingerprint density at radius 3 is 2.50 bits per heavy atom. The Hall–Kier alpha value is -1.52. The molecule has 0 amide bonds. The Kier molecular flexibility index (Phi) is 2.51. The topological polar surface area (TPSA) is 83.8 Å². The quantitative estimate of drug-likeness (QED) is 0.664. The first-order valence-electron chi connectivity index (χ1n) is 4.22. The number of esters is 1. The first-order chi connectivity index (χ1) is 6.37. The van der Waals surface area contributed by atoms with Gasteiger partial charge in [0.15, 0.2) is 5.60 Å². The zero-order chi connectivity index (χ0) is 10.9. The van der Waals surface area contributed by atoms with E-state index in [1.54, 1.807) is 0 Å². The molecule has 1 aliphatic rings. The number of carboxylic acids is 1. The van der Waals surface area contributed by atoms with E-state index in [4.69, 9.17) is 9.84 Å². The highest BCUT2D eigenvalue weighted by Crippen LogP contribution is 2.34. The Morgan fingerprint density at radius 1 is 1.57 bits per heavy atom. The van der Waals surface area contributed by atoms with Crippen LogP contribution in [-0.2, 0) is 14.3 Å². The number of ether oxygens (including phenoxy) is 1. The van der Waals surface area contributed by atoms with Crippen LogP contribution in [0.5, 0.6) is 0 Å². The fourth-order valence-electron chi connectivity index (χ4n) is 1.34. The van der Waals surface area contributed by atoms with Gasteiger partial charge in [-0.1, -0.05) is 0 Å². The third-order valence-electron chi connectivity index (χ3n) is 2.30. The molecule has 1 atom stereocenters. The molecule has 0 bridgehead atoms. The first kappa shape index (κ1) is 10.6. The number of rotatable bonds is 3. The average molecular weight is 200 g/mol. The molecule has 0 aromatic heterocycles. The Labute approximate surface area is 81.0 Å². The van der Waals surface area contributed by atoms with Gasteiger partial charge in [-0.3, -0.25) is 4.79 Å². The van der Waals surface area contributed by atoms with E-state index in [-0.39, 0.29) is 24.2 Å². The van der Waals surface area contributed by atoms with Gasteiger partial charge in [-0.25, -0.2) is 4.79 Å². The lowest BCUT2D eigenvalue weighted by atomic mass is 9.97. The maximum atomic E-state index is 11.1. The summed E-state index contributed by atoms with van der Waals surface area (Å²) >= 11 is 0. The maximum absolute atomic E-state index is 11.1. The second-order valence-electron chi connectivity index (χ2n) is 3.49. The number of carbonyl (C=O) groups excluding carboxylic acids is 1. The van der Waals surface area contributed by atoms with E-state index in [0.29, 0.717) is 0 Å². The lowest BCUT2D eigenvalue weighted by Gasteiger charge is -2.22. The molecule has 2 N–H and O–H groups in total. The molecule has 0 saturated heterocycles. The molecule has 1 heterocycles. The molecule has 1 unspecified atom stereocenters. The smallest absolute Gasteiger partial charge is 0.338 e. The molecule has 14 heavy (non-hydrogen) atoms. The second-order valence-corrected chi connectivity index (χ2v) is 3.49. The van der Waals surface area contributed by atoms with Gasteiger partial charge in [-0.05, 0) is 13.8 Å². The standard InChI is InChI=1S/C9H12O5/c1-5-7(12)9(2,14-8(5)13)4-3-6(10)11/h12H,3-4H2,1-2H3,(H,10,11). The van der Waals surface area contributed by atoms with E-state index >= 15 is 0 Å². The Morgan fingerprint density at radius 2 is 2.14 bits per heavy atom. The van der Waals surface area contributed by atoms with Crippen LogP contribution < -0.4 is 0 Å². The van der Waals surface area contributed by atoms with Crippen LogP contribution in [-0.4, -0.2) is 27.8 Å². The highest BCUT2D eigenvalue weighted by molar-refractivity contribution is 5.91. The van der Waals surface area contributed by atoms with Gasteiger partial charge in [0, 0.05) is 12.8 Å². The SMILES string of the molecule is CC1=C(O)C(C)(CCC(=O)O)OC1=O. The summed E-state index contributed by atoms with van der Waals surface area (Å²) in [5.41, 5.74) is -1.02.